The second kappa shape index (κ2) is 4.43. The Labute approximate surface area is 79.7 Å². The van der Waals surface area contributed by atoms with E-state index in [0.29, 0.717) is 17.6 Å². The van der Waals surface area contributed by atoms with Gasteiger partial charge in [-0.25, -0.2) is 4.98 Å². The molecule has 0 saturated heterocycles. The predicted molar refractivity (Wildman–Crippen MR) is 44.8 cm³/mol. The van der Waals surface area contributed by atoms with Crippen molar-refractivity contribution in [3.63, 3.8) is 0 Å². The molecule has 66 valence electrons. The molecule has 0 atom stereocenters. The van der Waals surface area contributed by atoms with E-state index in [2.05, 4.69) is 9.72 Å². The molecule has 5 heteroatoms. The lowest BCUT2D eigenvalue weighted by Gasteiger charge is -2.02. The number of nitrogens with zero attached hydrogens (tertiary/aromatic N) is 2. The zero-order valence-electron chi connectivity index (χ0n) is 6.53. The molecule has 1 aromatic rings. The lowest BCUT2D eigenvalue weighted by atomic mass is 10.2. The van der Waals surface area contributed by atoms with Crippen LogP contribution in [0, 0.1) is 11.3 Å². The molecule has 0 aromatic carbocycles. The molecule has 0 radical (unpaired) electrons. The molecule has 0 amide bonds. The minimum Gasteiger partial charge on any atom is -0.463 e. The number of pyridine rings is 1. The third kappa shape index (κ3) is 2.17. The van der Waals surface area contributed by atoms with Crippen molar-refractivity contribution < 1.29 is 9.53 Å². The molecule has 0 aliphatic rings. The topological polar surface area (TPSA) is 63.0 Å². The zero-order chi connectivity index (χ0) is 9.68. The SMILES string of the molecule is N#Cc1ccnc(Cl)c1COC=O. The van der Waals surface area contributed by atoms with Crippen LogP contribution in [-0.2, 0) is 16.1 Å². The van der Waals surface area contributed by atoms with Crippen molar-refractivity contribution >= 4 is 18.1 Å². The maximum Gasteiger partial charge on any atom is 0.293 e. The quantitative estimate of drug-likeness (QED) is 0.540. The van der Waals surface area contributed by atoms with Gasteiger partial charge in [-0.05, 0) is 6.07 Å². The summed E-state index contributed by atoms with van der Waals surface area (Å²) in [5, 5.41) is 8.84. The van der Waals surface area contributed by atoms with E-state index in [4.69, 9.17) is 16.9 Å². The van der Waals surface area contributed by atoms with Crippen molar-refractivity contribution in [2.45, 2.75) is 6.61 Å². The molecule has 0 fully saturated rings. The Morgan fingerprint density at radius 1 is 1.77 bits per heavy atom. The molecule has 0 unspecified atom stereocenters. The molecule has 0 spiro atoms. The summed E-state index contributed by atoms with van der Waals surface area (Å²) < 4.78 is 4.49. The average Bonchev–Trinajstić information content (AvgIpc) is 2.15. The number of rotatable bonds is 3. The lowest BCUT2D eigenvalue weighted by molar-refractivity contribution is -0.129. The van der Waals surface area contributed by atoms with E-state index in [1.807, 2.05) is 6.07 Å². The molecule has 1 aromatic heterocycles. The van der Waals surface area contributed by atoms with Gasteiger partial charge in [0.05, 0.1) is 11.6 Å². The summed E-state index contributed by atoms with van der Waals surface area (Å²) in [6.07, 6.45) is 1.42. The van der Waals surface area contributed by atoms with E-state index in [1.165, 1.54) is 12.3 Å². The smallest absolute Gasteiger partial charge is 0.293 e. The minimum absolute atomic E-state index is 0.0287. The first-order valence-electron chi connectivity index (χ1n) is 3.38. The Kier molecular flexibility index (Phi) is 3.23. The first kappa shape index (κ1) is 9.49. The van der Waals surface area contributed by atoms with Crippen molar-refractivity contribution in [1.29, 1.82) is 5.26 Å². The van der Waals surface area contributed by atoms with Gasteiger partial charge < -0.3 is 4.74 Å². The van der Waals surface area contributed by atoms with E-state index in [1.54, 1.807) is 0 Å². The van der Waals surface area contributed by atoms with Crippen molar-refractivity contribution in [2.75, 3.05) is 0 Å². The van der Waals surface area contributed by atoms with Crippen molar-refractivity contribution in [3.8, 4) is 6.07 Å². The number of carbonyl (C=O) groups excluding carboxylic acids is 1. The fourth-order valence-corrected chi connectivity index (χ4v) is 1.04. The summed E-state index contributed by atoms with van der Waals surface area (Å²) in [4.78, 5) is 13.7. The number of hydrogen-bond acceptors (Lipinski definition) is 4. The van der Waals surface area contributed by atoms with Gasteiger partial charge in [0.25, 0.3) is 6.47 Å². The van der Waals surface area contributed by atoms with Gasteiger partial charge in [-0.2, -0.15) is 5.26 Å². The molecule has 13 heavy (non-hydrogen) atoms. The Morgan fingerprint density at radius 2 is 2.54 bits per heavy atom. The Bertz CT molecular complexity index is 360. The second-order valence-corrected chi connectivity index (χ2v) is 2.50. The van der Waals surface area contributed by atoms with E-state index in [0.717, 1.165) is 0 Å². The van der Waals surface area contributed by atoms with E-state index < -0.39 is 0 Å². The molecule has 0 aliphatic heterocycles. The molecule has 0 saturated carbocycles. The number of halogens is 1. The van der Waals surface area contributed by atoms with Gasteiger partial charge in [0, 0.05) is 11.8 Å². The van der Waals surface area contributed by atoms with Gasteiger partial charge in [-0.1, -0.05) is 11.6 Å². The van der Waals surface area contributed by atoms with Crippen LogP contribution < -0.4 is 0 Å². The first-order chi connectivity index (χ1) is 6.29. The van der Waals surface area contributed by atoms with Crippen molar-refractivity contribution in [1.82, 2.24) is 4.98 Å². The van der Waals surface area contributed by atoms with Gasteiger partial charge in [0.1, 0.15) is 11.8 Å². The largest absolute Gasteiger partial charge is 0.463 e. The van der Waals surface area contributed by atoms with Crippen LogP contribution in [0.1, 0.15) is 11.1 Å². The van der Waals surface area contributed by atoms with Crippen molar-refractivity contribution in [3.05, 3.63) is 28.5 Å². The number of carbonyl (C=O) groups is 1. The fraction of sp³-hybridized carbons (Fsp3) is 0.125. The molecular formula is C8H5ClN2O2. The standard InChI is InChI=1S/C8H5ClN2O2/c9-8-7(4-13-5-12)6(3-10)1-2-11-8/h1-2,5H,4H2. The number of hydrogen-bond donors (Lipinski definition) is 0. The fourth-order valence-electron chi connectivity index (χ4n) is 0.826. The van der Waals surface area contributed by atoms with Crippen LogP contribution in [0.15, 0.2) is 12.3 Å². The van der Waals surface area contributed by atoms with Gasteiger partial charge in [-0.15, -0.1) is 0 Å². The summed E-state index contributed by atoms with van der Waals surface area (Å²) in [6, 6.07) is 3.43. The summed E-state index contributed by atoms with van der Waals surface area (Å²) >= 11 is 5.69. The normalized spacial score (nSPS) is 8.92. The Morgan fingerprint density at radius 3 is 3.15 bits per heavy atom. The highest BCUT2D eigenvalue weighted by Crippen LogP contribution is 2.17. The maximum absolute atomic E-state index is 9.92. The minimum atomic E-state index is -0.0287. The van der Waals surface area contributed by atoms with E-state index in [9.17, 15) is 4.79 Å². The highest BCUT2D eigenvalue weighted by atomic mass is 35.5. The molecule has 1 rings (SSSR count). The predicted octanol–water partition coefficient (Wildman–Crippen LogP) is 1.28. The third-order valence-electron chi connectivity index (χ3n) is 1.42. The summed E-state index contributed by atoms with van der Waals surface area (Å²) in [5.74, 6) is 0. The van der Waals surface area contributed by atoms with Gasteiger partial charge in [0.2, 0.25) is 0 Å². The van der Waals surface area contributed by atoms with Crippen LogP contribution in [0.3, 0.4) is 0 Å². The highest BCUT2D eigenvalue weighted by Gasteiger charge is 2.07. The second-order valence-electron chi connectivity index (χ2n) is 2.15. The number of nitriles is 1. The van der Waals surface area contributed by atoms with Gasteiger partial charge >= 0.3 is 0 Å². The molecule has 1 heterocycles. The molecule has 0 bridgehead atoms. The zero-order valence-corrected chi connectivity index (χ0v) is 7.28. The summed E-state index contributed by atoms with van der Waals surface area (Å²) in [5.41, 5.74) is 0.792. The number of ether oxygens (including phenoxy) is 1. The van der Waals surface area contributed by atoms with Gasteiger partial charge in [-0.3, -0.25) is 4.79 Å². The monoisotopic (exact) mass is 196 g/mol. The number of aromatic nitrogens is 1. The molecular weight excluding hydrogens is 192 g/mol. The van der Waals surface area contributed by atoms with E-state index in [-0.39, 0.29) is 11.8 Å². The van der Waals surface area contributed by atoms with Crippen LogP contribution in [0.5, 0.6) is 0 Å². The van der Waals surface area contributed by atoms with E-state index >= 15 is 0 Å². The van der Waals surface area contributed by atoms with Crippen LogP contribution in [-0.4, -0.2) is 11.5 Å². The third-order valence-corrected chi connectivity index (χ3v) is 1.75. The maximum atomic E-state index is 9.92. The van der Waals surface area contributed by atoms with Crippen molar-refractivity contribution in [2.24, 2.45) is 0 Å². The van der Waals surface area contributed by atoms with Crippen LogP contribution in [0.25, 0.3) is 0 Å². The molecule has 4 nitrogen and oxygen atoms in total. The lowest BCUT2D eigenvalue weighted by Crippen LogP contribution is -1.96. The Hall–Kier alpha value is -1.60. The Balaban J connectivity index is 3.02. The van der Waals surface area contributed by atoms with Crippen LogP contribution >= 0.6 is 11.6 Å². The van der Waals surface area contributed by atoms with Crippen LogP contribution in [0.2, 0.25) is 5.15 Å². The highest BCUT2D eigenvalue weighted by molar-refractivity contribution is 6.30. The average molecular weight is 197 g/mol. The summed E-state index contributed by atoms with van der Waals surface area (Å²) in [6.45, 7) is 0.267. The molecule has 0 N–H and O–H groups in total. The molecule has 0 aliphatic carbocycles. The summed E-state index contributed by atoms with van der Waals surface area (Å²) in [7, 11) is 0. The van der Waals surface area contributed by atoms with Crippen LogP contribution in [0.4, 0.5) is 0 Å². The first-order valence-corrected chi connectivity index (χ1v) is 3.76. The van der Waals surface area contributed by atoms with Gasteiger partial charge in [0.15, 0.2) is 0 Å².